The number of nitrogens with zero attached hydrogens (tertiary/aromatic N) is 3. The minimum Gasteiger partial charge on any atom is -0.451 e. The molecule has 0 aliphatic carbocycles. The van der Waals surface area contributed by atoms with Gasteiger partial charge in [-0.05, 0) is 29.1 Å². The summed E-state index contributed by atoms with van der Waals surface area (Å²) in [6.45, 7) is -0.176. The lowest BCUT2D eigenvalue weighted by Crippen LogP contribution is -2.04. The first-order chi connectivity index (χ1) is 14.1. The highest BCUT2D eigenvalue weighted by Gasteiger charge is 2.18. The fourth-order valence-corrected chi connectivity index (χ4v) is 3.47. The highest BCUT2D eigenvalue weighted by Crippen LogP contribution is 2.29. The molecule has 0 aliphatic heterocycles. The molecule has 9 heteroatoms. The molecule has 2 aromatic heterocycles. The van der Waals surface area contributed by atoms with Crippen LogP contribution in [-0.4, -0.2) is 21.1 Å². The first-order valence-corrected chi connectivity index (χ1v) is 9.37. The first-order valence-electron chi connectivity index (χ1n) is 8.49. The van der Waals surface area contributed by atoms with E-state index in [0.29, 0.717) is 10.4 Å². The molecule has 0 amide bonds. The molecule has 0 saturated heterocycles. The van der Waals surface area contributed by atoms with Gasteiger partial charge in [-0.2, -0.15) is 0 Å². The molecule has 2 heterocycles. The van der Waals surface area contributed by atoms with Crippen molar-refractivity contribution in [3.8, 4) is 22.6 Å². The van der Waals surface area contributed by atoms with Crippen LogP contribution in [0.1, 0.15) is 15.6 Å². The normalized spacial score (nSPS) is 10.6. The third-order valence-electron chi connectivity index (χ3n) is 4.05. The van der Waals surface area contributed by atoms with Crippen molar-refractivity contribution in [2.24, 2.45) is 0 Å². The van der Waals surface area contributed by atoms with Gasteiger partial charge in [-0.15, -0.1) is 21.5 Å². The number of carbonyl (C=O) groups excluding carboxylic acids is 1. The zero-order valence-electron chi connectivity index (χ0n) is 14.8. The number of thiophene rings is 1. The molecule has 0 saturated carbocycles. The van der Waals surface area contributed by atoms with Gasteiger partial charge < -0.3 is 9.15 Å². The van der Waals surface area contributed by atoms with E-state index in [9.17, 15) is 14.9 Å². The molecular formula is C20H13N3O5S. The molecule has 0 radical (unpaired) electrons. The van der Waals surface area contributed by atoms with E-state index < -0.39 is 10.9 Å². The minimum absolute atomic E-state index is 0.0346. The predicted octanol–water partition coefficient (Wildman–Crippen LogP) is 4.73. The number of benzene rings is 2. The lowest BCUT2D eigenvalue weighted by atomic mass is 10.1. The van der Waals surface area contributed by atoms with E-state index in [1.54, 1.807) is 0 Å². The molecule has 0 fully saturated rings. The number of aromatic nitrogens is 2. The van der Waals surface area contributed by atoms with Crippen LogP contribution >= 0.6 is 11.3 Å². The lowest BCUT2D eigenvalue weighted by molar-refractivity contribution is -0.384. The Labute approximate surface area is 168 Å². The number of esters is 1. The van der Waals surface area contributed by atoms with Crippen molar-refractivity contribution < 1.29 is 18.9 Å². The molecule has 144 valence electrons. The molecule has 0 aliphatic rings. The molecule has 4 rings (SSSR count). The van der Waals surface area contributed by atoms with E-state index >= 15 is 0 Å². The van der Waals surface area contributed by atoms with Crippen LogP contribution in [0.25, 0.3) is 22.6 Å². The van der Waals surface area contributed by atoms with Gasteiger partial charge in [0.2, 0.25) is 5.89 Å². The SMILES string of the molecule is O=C(OCc1nnc(-c2ccc([N+](=O)[O-])cc2)o1)c1sccc1-c1ccccc1. The van der Waals surface area contributed by atoms with Crippen molar-refractivity contribution in [3.63, 3.8) is 0 Å². The maximum atomic E-state index is 12.5. The molecule has 0 atom stereocenters. The molecule has 4 aromatic rings. The van der Waals surface area contributed by atoms with Gasteiger partial charge in [-0.1, -0.05) is 30.3 Å². The summed E-state index contributed by atoms with van der Waals surface area (Å²) in [5.41, 5.74) is 2.23. The summed E-state index contributed by atoms with van der Waals surface area (Å²) < 4.78 is 10.8. The van der Waals surface area contributed by atoms with E-state index in [4.69, 9.17) is 9.15 Å². The summed E-state index contributed by atoms with van der Waals surface area (Å²) in [7, 11) is 0. The van der Waals surface area contributed by atoms with Crippen molar-refractivity contribution in [1.82, 2.24) is 10.2 Å². The molecular weight excluding hydrogens is 394 g/mol. The van der Waals surface area contributed by atoms with Crippen LogP contribution in [0.15, 0.2) is 70.5 Å². The average molecular weight is 407 g/mol. The van der Waals surface area contributed by atoms with Crippen molar-refractivity contribution in [3.05, 3.63) is 86.9 Å². The topological polar surface area (TPSA) is 108 Å². The third kappa shape index (κ3) is 4.04. The van der Waals surface area contributed by atoms with Crippen LogP contribution in [0.5, 0.6) is 0 Å². The maximum Gasteiger partial charge on any atom is 0.349 e. The van der Waals surface area contributed by atoms with Crippen LogP contribution in [0.3, 0.4) is 0 Å². The van der Waals surface area contributed by atoms with E-state index in [-0.39, 0.29) is 24.1 Å². The summed E-state index contributed by atoms with van der Waals surface area (Å²) >= 11 is 1.30. The number of hydrogen-bond donors (Lipinski definition) is 0. The molecule has 2 aromatic carbocycles. The Morgan fingerprint density at radius 3 is 2.52 bits per heavy atom. The number of nitro benzene ring substituents is 1. The number of hydrogen-bond acceptors (Lipinski definition) is 8. The Hall–Kier alpha value is -3.85. The second-order valence-electron chi connectivity index (χ2n) is 5.91. The summed E-state index contributed by atoms with van der Waals surface area (Å²) in [6, 6.07) is 17.2. The van der Waals surface area contributed by atoms with E-state index in [0.717, 1.165) is 11.1 Å². The highest BCUT2D eigenvalue weighted by molar-refractivity contribution is 7.12. The molecule has 0 bridgehead atoms. The fraction of sp³-hybridized carbons (Fsp3) is 0.0500. The van der Waals surface area contributed by atoms with Gasteiger partial charge >= 0.3 is 5.97 Å². The Morgan fingerprint density at radius 2 is 1.79 bits per heavy atom. The molecule has 8 nitrogen and oxygen atoms in total. The summed E-state index contributed by atoms with van der Waals surface area (Å²) in [6.07, 6.45) is 0. The van der Waals surface area contributed by atoms with Crippen LogP contribution in [0.2, 0.25) is 0 Å². The van der Waals surface area contributed by atoms with Gasteiger partial charge in [0.1, 0.15) is 4.88 Å². The number of rotatable bonds is 6. The summed E-state index contributed by atoms with van der Waals surface area (Å²) in [4.78, 5) is 23.2. The van der Waals surface area contributed by atoms with Crippen LogP contribution in [0.4, 0.5) is 5.69 Å². The number of ether oxygens (including phenoxy) is 1. The molecule has 0 spiro atoms. The zero-order chi connectivity index (χ0) is 20.2. The maximum absolute atomic E-state index is 12.5. The standard InChI is InChI=1S/C20H13N3O5S/c24-20(18-16(10-11-29-18)13-4-2-1-3-5-13)27-12-17-21-22-19(28-17)14-6-8-15(9-7-14)23(25)26/h1-11H,12H2. The summed E-state index contributed by atoms with van der Waals surface area (Å²) in [5.74, 6) is -0.162. The number of nitro groups is 1. The second-order valence-corrected chi connectivity index (χ2v) is 6.83. The number of carbonyl (C=O) groups is 1. The minimum atomic E-state index is -0.489. The van der Waals surface area contributed by atoms with Gasteiger partial charge in [0.25, 0.3) is 11.6 Å². The summed E-state index contributed by atoms with van der Waals surface area (Å²) in [5, 5.41) is 20.3. The quantitative estimate of drug-likeness (QED) is 0.258. The smallest absolute Gasteiger partial charge is 0.349 e. The Kier molecular flexibility index (Phi) is 5.12. The highest BCUT2D eigenvalue weighted by atomic mass is 32.1. The van der Waals surface area contributed by atoms with Crippen LogP contribution in [0, 0.1) is 10.1 Å². The van der Waals surface area contributed by atoms with Crippen molar-refractivity contribution in [2.45, 2.75) is 6.61 Å². The second kappa shape index (κ2) is 8.03. The van der Waals surface area contributed by atoms with Crippen molar-refractivity contribution in [2.75, 3.05) is 0 Å². The molecule has 29 heavy (non-hydrogen) atoms. The molecule has 0 N–H and O–H groups in total. The van der Waals surface area contributed by atoms with E-state index in [1.165, 1.54) is 35.6 Å². The largest absolute Gasteiger partial charge is 0.451 e. The van der Waals surface area contributed by atoms with Crippen LogP contribution < -0.4 is 0 Å². The van der Waals surface area contributed by atoms with E-state index in [1.807, 2.05) is 41.8 Å². The number of non-ortho nitro benzene ring substituents is 1. The Morgan fingerprint density at radius 1 is 1.03 bits per heavy atom. The van der Waals surface area contributed by atoms with Gasteiger partial charge in [-0.25, -0.2) is 4.79 Å². The first kappa shape index (κ1) is 18.5. The van der Waals surface area contributed by atoms with Gasteiger partial charge in [0.15, 0.2) is 6.61 Å². The lowest BCUT2D eigenvalue weighted by Gasteiger charge is -2.04. The monoisotopic (exact) mass is 407 g/mol. The van der Waals surface area contributed by atoms with Gasteiger partial charge in [-0.3, -0.25) is 10.1 Å². The average Bonchev–Trinajstić information content (AvgIpc) is 3.42. The Bertz CT molecular complexity index is 1150. The third-order valence-corrected chi connectivity index (χ3v) is 4.95. The van der Waals surface area contributed by atoms with E-state index in [2.05, 4.69) is 10.2 Å². The predicted molar refractivity (Wildman–Crippen MR) is 105 cm³/mol. The Balaban J connectivity index is 1.44. The fourth-order valence-electron chi connectivity index (χ4n) is 2.66. The molecule has 0 unspecified atom stereocenters. The van der Waals surface area contributed by atoms with Gasteiger partial charge in [0, 0.05) is 23.3 Å². The zero-order valence-corrected chi connectivity index (χ0v) is 15.7. The van der Waals surface area contributed by atoms with Crippen molar-refractivity contribution in [1.29, 1.82) is 0 Å². The van der Waals surface area contributed by atoms with Gasteiger partial charge in [0.05, 0.1) is 4.92 Å². The van der Waals surface area contributed by atoms with Crippen LogP contribution in [-0.2, 0) is 11.3 Å². The van der Waals surface area contributed by atoms with Crippen molar-refractivity contribution >= 4 is 23.0 Å².